The maximum atomic E-state index is 5.75. The molecule has 46 heavy (non-hydrogen) atoms. The molecule has 0 bridgehead atoms. The third-order valence-corrected chi connectivity index (χ3v) is 9.22. The highest BCUT2D eigenvalue weighted by molar-refractivity contribution is 8.76. The van der Waals surface area contributed by atoms with E-state index in [1.54, 1.807) is 0 Å². The molecule has 4 aromatic rings. The first-order valence-electron chi connectivity index (χ1n) is 16.0. The topological polar surface area (TPSA) is 44.7 Å². The lowest BCUT2D eigenvalue weighted by Gasteiger charge is -2.11. The highest BCUT2D eigenvalue weighted by Crippen LogP contribution is 2.30. The van der Waals surface area contributed by atoms with Crippen molar-refractivity contribution in [1.29, 1.82) is 0 Å². The summed E-state index contributed by atoms with van der Waals surface area (Å²) in [7, 11) is 3.84. The van der Waals surface area contributed by atoms with Gasteiger partial charge < -0.3 is 18.9 Å². The Morgan fingerprint density at radius 2 is 0.804 bits per heavy atom. The van der Waals surface area contributed by atoms with E-state index in [0.717, 1.165) is 69.8 Å². The molecule has 0 radical (unpaired) electrons. The summed E-state index contributed by atoms with van der Waals surface area (Å²) in [6, 6.07) is 20.7. The van der Waals surface area contributed by atoms with Crippen molar-refractivity contribution in [3.63, 3.8) is 0 Å². The maximum absolute atomic E-state index is 5.75. The molecule has 0 amide bonds. The molecule has 8 heteroatoms. The lowest BCUT2D eigenvalue weighted by atomic mass is 10.1. The number of rotatable bonds is 19. The lowest BCUT2D eigenvalue weighted by Crippen LogP contribution is -2.34. The molecule has 242 valence electrons. The molecule has 0 aliphatic rings. The van der Waals surface area contributed by atoms with Gasteiger partial charge >= 0.3 is 0 Å². The van der Waals surface area contributed by atoms with Crippen LogP contribution in [0.5, 0.6) is 23.0 Å². The van der Waals surface area contributed by atoms with Crippen LogP contribution in [-0.2, 0) is 13.1 Å². The van der Waals surface area contributed by atoms with Gasteiger partial charge in [0.1, 0.15) is 0 Å². The van der Waals surface area contributed by atoms with E-state index in [4.69, 9.17) is 18.9 Å². The number of hydrogen-bond donors (Lipinski definition) is 0. The number of aryl methyl sites for hydroxylation is 2. The smallest absolute Gasteiger partial charge is 0.169 e. The van der Waals surface area contributed by atoms with Crippen molar-refractivity contribution in [2.75, 3.05) is 37.9 Å². The van der Waals surface area contributed by atoms with Crippen LogP contribution < -0.4 is 28.1 Å². The molecule has 0 spiro atoms. The molecule has 0 N–H and O–H groups in total. The maximum Gasteiger partial charge on any atom is 0.169 e. The first-order chi connectivity index (χ1) is 22.6. The summed E-state index contributed by atoms with van der Waals surface area (Å²) < 4.78 is 27.3. The molecule has 0 fully saturated rings. The zero-order valence-electron chi connectivity index (χ0n) is 27.4. The molecule has 0 aliphatic heterocycles. The summed E-state index contributed by atoms with van der Waals surface area (Å²) in [5.74, 6) is 5.25. The van der Waals surface area contributed by atoms with E-state index in [0.29, 0.717) is 26.4 Å². The Morgan fingerprint density at radius 1 is 0.457 bits per heavy atom. The van der Waals surface area contributed by atoms with Gasteiger partial charge in [0.2, 0.25) is 0 Å². The van der Waals surface area contributed by atoms with Gasteiger partial charge in [-0.15, -0.1) is 0 Å². The molecular weight excluding hydrogens is 613 g/mol. The predicted octanol–water partition coefficient (Wildman–Crippen LogP) is 8.28. The molecule has 0 unspecified atom stereocenters. The van der Waals surface area contributed by atoms with Crippen LogP contribution in [0.1, 0.15) is 49.9 Å². The van der Waals surface area contributed by atoms with Crippen LogP contribution in [0.25, 0.3) is 24.3 Å². The summed E-state index contributed by atoms with van der Waals surface area (Å²) in [6.45, 7) is 12.3. The van der Waals surface area contributed by atoms with E-state index in [2.05, 4.69) is 94.6 Å². The molecule has 4 rings (SSSR count). The minimum Gasteiger partial charge on any atom is -0.490 e. The van der Waals surface area contributed by atoms with E-state index in [9.17, 15) is 0 Å². The zero-order chi connectivity index (χ0) is 32.4. The highest BCUT2D eigenvalue weighted by Gasteiger charge is 2.07. The second-order valence-corrected chi connectivity index (χ2v) is 12.9. The Balaban J connectivity index is 1.15. The Kier molecular flexibility index (Phi) is 14.9. The molecule has 6 nitrogen and oxygen atoms in total. The minimum absolute atomic E-state index is 0.609. The van der Waals surface area contributed by atoms with E-state index in [1.165, 1.54) is 0 Å². The summed E-state index contributed by atoms with van der Waals surface area (Å²) >= 11 is 0. The second kappa shape index (κ2) is 19.6. The van der Waals surface area contributed by atoms with Gasteiger partial charge in [0, 0.05) is 24.3 Å². The predicted molar refractivity (Wildman–Crippen MR) is 194 cm³/mol. The quantitative estimate of drug-likeness (QED) is 0.0574. The summed E-state index contributed by atoms with van der Waals surface area (Å²) in [4.78, 5) is 0. The van der Waals surface area contributed by atoms with Gasteiger partial charge in [-0.05, 0) is 74.2 Å². The van der Waals surface area contributed by atoms with Crippen molar-refractivity contribution in [1.82, 2.24) is 0 Å². The Hall–Kier alpha value is -3.88. The van der Waals surface area contributed by atoms with Crippen molar-refractivity contribution in [2.24, 2.45) is 0 Å². The van der Waals surface area contributed by atoms with Gasteiger partial charge in [-0.2, -0.15) is 0 Å². The Morgan fingerprint density at radius 3 is 1.17 bits per heavy atom. The number of pyridine rings is 2. The first-order valence-corrected chi connectivity index (χ1v) is 18.5. The number of benzene rings is 2. The first kappa shape index (κ1) is 35.0. The SMILES string of the molecule is CCOc1ccc(/C=C/c2cc[n+](CCSSCC[n+]3ccc(/C=C/c4ccc(OCC)c(OCC)c4)cc3)cc2)cc1OCC. The van der Waals surface area contributed by atoms with Crippen LogP contribution >= 0.6 is 21.6 Å². The summed E-state index contributed by atoms with van der Waals surface area (Å²) in [6.07, 6.45) is 17.1. The fourth-order valence-corrected chi connectivity index (χ4v) is 6.55. The fourth-order valence-electron chi connectivity index (χ4n) is 4.59. The Bertz CT molecular complexity index is 1420. The van der Waals surface area contributed by atoms with Crippen molar-refractivity contribution >= 4 is 45.9 Å². The second-order valence-electron chi connectivity index (χ2n) is 10.2. The number of aromatic nitrogens is 2. The molecule has 2 heterocycles. The van der Waals surface area contributed by atoms with Crippen LogP contribution in [0.3, 0.4) is 0 Å². The van der Waals surface area contributed by atoms with Gasteiger partial charge in [0.25, 0.3) is 0 Å². The molecule has 2 aromatic carbocycles. The molecule has 0 atom stereocenters. The van der Waals surface area contributed by atoms with Gasteiger partial charge in [0.05, 0.1) is 37.9 Å². The number of hydrogen-bond acceptors (Lipinski definition) is 6. The largest absolute Gasteiger partial charge is 0.490 e. The normalized spacial score (nSPS) is 11.3. The van der Waals surface area contributed by atoms with E-state index in [1.807, 2.05) is 73.5 Å². The van der Waals surface area contributed by atoms with E-state index >= 15 is 0 Å². The fraction of sp³-hybridized carbons (Fsp3) is 0.316. The summed E-state index contributed by atoms with van der Waals surface area (Å²) in [5, 5.41) is 0. The van der Waals surface area contributed by atoms with Crippen LogP contribution in [0.15, 0.2) is 85.5 Å². The third kappa shape index (κ3) is 11.5. The van der Waals surface area contributed by atoms with E-state index in [-0.39, 0.29) is 0 Å². The third-order valence-electron chi connectivity index (χ3n) is 6.85. The van der Waals surface area contributed by atoms with Gasteiger partial charge in [0.15, 0.2) is 60.9 Å². The van der Waals surface area contributed by atoms with Gasteiger partial charge in [-0.25, -0.2) is 9.13 Å². The molecule has 0 aliphatic carbocycles. The van der Waals surface area contributed by atoms with Gasteiger partial charge in [-0.1, -0.05) is 58.0 Å². The average Bonchev–Trinajstić information content (AvgIpc) is 3.08. The van der Waals surface area contributed by atoms with Crippen molar-refractivity contribution in [2.45, 2.75) is 40.8 Å². The van der Waals surface area contributed by atoms with E-state index < -0.39 is 0 Å². The molecular formula is C38H46N2O4S2+2. The van der Waals surface area contributed by atoms with Crippen LogP contribution in [-0.4, -0.2) is 37.9 Å². The standard InChI is InChI=1S/C38H46N2O4S2/c1-5-41-35-15-13-33(29-37(35)43-7-3)11-9-31-17-21-39(22-18-31)25-27-45-46-28-26-40-23-19-32(20-24-40)10-12-34-14-16-36(42-6-2)38(30-34)44-8-4/h9-24,29-30H,5-8,25-28H2,1-4H3/q+2/b11-9+,12-10+. The molecule has 0 saturated carbocycles. The molecule has 0 saturated heterocycles. The zero-order valence-corrected chi connectivity index (χ0v) is 29.0. The lowest BCUT2D eigenvalue weighted by molar-refractivity contribution is -0.692. The number of nitrogens with zero attached hydrogens (tertiary/aromatic N) is 2. The van der Waals surface area contributed by atoms with Crippen molar-refractivity contribution in [3.05, 3.63) is 108 Å². The number of ether oxygens (including phenoxy) is 4. The van der Waals surface area contributed by atoms with Crippen LogP contribution in [0.4, 0.5) is 0 Å². The van der Waals surface area contributed by atoms with Gasteiger partial charge in [-0.3, -0.25) is 0 Å². The van der Waals surface area contributed by atoms with Crippen molar-refractivity contribution < 1.29 is 28.1 Å². The monoisotopic (exact) mass is 658 g/mol. The van der Waals surface area contributed by atoms with Crippen molar-refractivity contribution in [3.8, 4) is 23.0 Å². The molecule has 2 aromatic heterocycles. The average molecular weight is 659 g/mol. The van der Waals surface area contributed by atoms with Crippen LogP contribution in [0.2, 0.25) is 0 Å². The highest BCUT2D eigenvalue weighted by atomic mass is 33.1. The Labute approximate surface area is 282 Å². The van der Waals surface area contributed by atoms with Crippen LogP contribution in [0, 0.1) is 0 Å². The summed E-state index contributed by atoms with van der Waals surface area (Å²) in [5.41, 5.74) is 4.49. The minimum atomic E-state index is 0.609.